The van der Waals surface area contributed by atoms with Crippen LogP contribution < -0.4 is 10.1 Å². The molecule has 0 aliphatic carbocycles. The lowest BCUT2D eigenvalue weighted by Gasteiger charge is -2.10. The van der Waals surface area contributed by atoms with Crippen LogP contribution in [0.5, 0.6) is 11.6 Å². The van der Waals surface area contributed by atoms with Crippen LogP contribution in [0.4, 0.5) is 5.69 Å². The van der Waals surface area contributed by atoms with Crippen molar-refractivity contribution >= 4 is 11.6 Å². The Labute approximate surface area is 141 Å². The molecule has 120 valence electrons. The van der Waals surface area contributed by atoms with Gasteiger partial charge in [-0.2, -0.15) is 0 Å². The number of aryl methyl sites for hydroxylation is 2. The molecule has 24 heavy (non-hydrogen) atoms. The molecule has 2 aromatic carbocycles. The van der Waals surface area contributed by atoms with E-state index in [9.17, 15) is 4.79 Å². The Morgan fingerprint density at radius 3 is 2.50 bits per heavy atom. The van der Waals surface area contributed by atoms with Crippen molar-refractivity contribution in [3.63, 3.8) is 0 Å². The first-order valence-corrected chi connectivity index (χ1v) is 7.69. The molecule has 0 aliphatic rings. The summed E-state index contributed by atoms with van der Waals surface area (Å²) in [6.45, 7) is 4.01. The molecule has 0 saturated heterocycles. The summed E-state index contributed by atoms with van der Waals surface area (Å²) in [5, 5.41) is 2.81. The quantitative estimate of drug-likeness (QED) is 0.755. The van der Waals surface area contributed by atoms with Crippen molar-refractivity contribution in [2.75, 3.05) is 5.32 Å². The van der Waals surface area contributed by atoms with Gasteiger partial charge in [-0.15, -0.1) is 0 Å². The molecule has 0 bridgehead atoms. The van der Waals surface area contributed by atoms with Gasteiger partial charge in [0.25, 0.3) is 5.91 Å². The molecule has 1 amide bonds. The van der Waals surface area contributed by atoms with Crippen LogP contribution in [0.3, 0.4) is 0 Å². The molecule has 0 saturated carbocycles. The van der Waals surface area contributed by atoms with Crippen molar-refractivity contribution in [3.05, 3.63) is 83.6 Å². The summed E-state index contributed by atoms with van der Waals surface area (Å²) in [5.74, 6) is 1.10. The van der Waals surface area contributed by atoms with Crippen molar-refractivity contribution in [3.8, 4) is 11.6 Å². The molecular weight excluding hydrogens is 300 g/mol. The largest absolute Gasteiger partial charge is 0.439 e. The molecule has 0 atom stereocenters. The van der Waals surface area contributed by atoms with Crippen LogP contribution in [-0.4, -0.2) is 10.9 Å². The van der Waals surface area contributed by atoms with Crippen LogP contribution in [0.25, 0.3) is 0 Å². The van der Waals surface area contributed by atoms with Gasteiger partial charge in [-0.3, -0.25) is 4.79 Å². The maximum absolute atomic E-state index is 12.1. The summed E-state index contributed by atoms with van der Waals surface area (Å²) in [7, 11) is 0. The first-order chi connectivity index (χ1) is 11.6. The Balaban J connectivity index is 1.69. The Morgan fingerprint density at radius 1 is 1.00 bits per heavy atom. The maximum Gasteiger partial charge on any atom is 0.255 e. The van der Waals surface area contributed by atoms with Gasteiger partial charge in [-0.1, -0.05) is 30.3 Å². The van der Waals surface area contributed by atoms with Crippen LogP contribution >= 0.6 is 0 Å². The molecule has 0 spiro atoms. The van der Waals surface area contributed by atoms with Gasteiger partial charge in [-0.25, -0.2) is 4.98 Å². The van der Waals surface area contributed by atoms with Crippen LogP contribution in [0.2, 0.25) is 0 Å². The minimum Gasteiger partial charge on any atom is -0.439 e. The third kappa shape index (κ3) is 3.79. The van der Waals surface area contributed by atoms with Gasteiger partial charge in [0.1, 0.15) is 5.75 Å². The lowest BCUT2D eigenvalue weighted by atomic mass is 10.1. The molecule has 0 radical (unpaired) electrons. The van der Waals surface area contributed by atoms with Crippen molar-refractivity contribution < 1.29 is 9.53 Å². The number of pyridine rings is 1. The number of hydrogen-bond acceptors (Lipinski definition) is 3. The van der Waals surface area contributed by atoms with E-state index in [4.69, 9.17) is 4.74 Å². The number of amides is 1. The predicted octanol–water partition coefficient (Wildman–Crippen LogP) is 4.74. The number of anilines is 1. The lowest BCUT2D eigenvalue weighted by Crippen LogP contribution is -2.11. The zero-order valence-electron chi connectivity index (χ0n) is 13.6. The number of ether oxygens (including phenoxy) is 1. The second-order valence-electron chi connectivity index (χ2n) is 5.58. The van der Waals surface area contributed by atoms with E-state index in [1.165, 1.54) is 0 Å². The molecule has 0 fully saturated rings. The van der Waals surface area contributed by atoms with Crippen molar-refractivity contribution in [1.29, 1.82) is 0 Å². The van der Waals surface area contributed by atoms with Crippen LogP contribution in [0.15, 0.2) is 66.9 Å². The van der Waals surface area contributed by atoms with Gasteiger partial charge >= 0.3 is 0 Å². The SMILES string of the molecule is Cc1ccc(C)c(Oc2ccc(NC(=O)c3ccccc3)cn2)c1. The second-order valence-corrected chi connectivity index (χ2v) is 5.58. The summed E-state index contributed by atoms with van der Waals surface area (Å²) < 4.78 is 5.81. The van der Waals surface area contributed by atoms with Gasteiger partial charge < -0.3 is 10.1 Å². The number of rotatable bonds is 4. The average Bonchev–Trinajstić information content (AvgIpc) is 2.60. The molecule has 4 heteroatoms. The second kappa shape index (κ2) is 6.96. The number of carbonyl (C=O) groups is 1. The molecule has 1 heterocycles. The lowest BCUT2D eigenvalue weighted by molar-refractivity contribution is 0.102. The minimum atomic E-state index is -0.166. The number of hydrogen-bond donors (Lipinski definition) is 1. The Bertz CT molecular complexity index is 843. The normalized spacial score (nSPS) is 10.2. The van der Waals surface area contributed by atoms with Gasteiger partial charge in [-0.05, 0) is 49.2 Å². The summed E-state index contributed by atoms with van der Waals surface area (Å²) in [6.07, 6.45) is 1.58. The van der Waals surface area contributed by atoms with Gasteiger partial charge in [0.15, 0.2) is 0 Å². The maximum atomic E-state index is 12.1. The number of aromatic nitrogens is 1. The molecule has 3 rings (SSSR count). The predicted molar refractivity (Wildman–Crippen MR) is 94.6 cm³/mol. The average molecular weight is 318 g/mol. The molecule has 1 N–H and O–H groups in total. The first kappa shape index (κ1) is 15.7. The van der Waals surface area contributed by atoms with E-state index in [1.54, 1.807) is 30.5 Å². The monoisotopic (exact) mass is 318 g/mol. The van der Waals surface area contributed by atoms with E-state index in [0.29, 0.717) is 17.1 Å². The van der Waals surface area contributed by atoms with E-state index >= 15 is 0 Å². The summed E-state index contributed by atoms with van der Waals surface area (Å²) in [5.41, 5.74) is 3.40. The van der Waals surface area contributed by atoms with Crippen molar-refractivity contribution in [2.45, 2.75) is 13.8 Å². The molecule has 0 unspecified atom stereocenters. The van der Waals surface area contributed by atoms with Gasteiger partial charge in [0.05, 0.1) is 11.9 Å². The van der Waals surface area contributed by atoms with E-state index < -0.39 is 0 Å². The summed E-state index contributed by atoms with van der Waals surface area (Å²) >= 11 is 0. The highest BCUT2D eigenvalue weighted by Crippen LogP contribution is 2.25. The van der Waals surface area contributed by atoms with Gasteiger partial charge in [0, 0.05) is 11.6 Å². The number of benzene rings is 2. The number of nitrogens with zero attached hydrogens (tertiary/aromatic N) is 1. The van der Waals surface area contributed by atoms with E-state index in [1.807, 2.05) is 50.2 Å². The zero-order chi connectivity index (χ0) is 16.9. The van der Waals surface area contributed by atoms with Gasteiger partial charge in [0.2, 0.25) is 5.88 Å². The zero-order valence-corrected chi connectivity index (χ0v) is 13.6. The topological polar surface area (TPSA) is 51.2 Å². The standard InChI is InChI=1S/C20H18N2O2/c1-14-8-9-15(2)18(12-14)24-19-11-10-17(13-21-19)22-20(23)16-6-4-3-5-7-16/h3-13H,1-2H3,(H,22,23). The fourth-order valence-electron chi connectivity index (χ4n) is 2.24. The minimum absolute atomic E-state index is 0.166. The Morgan fingerprint density at radius 2 is 1.79 bits per heavy atom. The number of nitrogens with one attached hydrogen (secondary N) is 1. The van der Waals surface area contributed by atoms with Crippen LogP contribution in [-0.2, 0) is 0 Å². The molecule has 3 aromatic rings. The van der Waals surface area contributed by atoms with Crippen LogP contribution in [0.1, 0.15) is 21.5 Å². The van der Waals surface area contributed by atoms with Crippen LogP contribution in [0, 0.1) is 13.8 Å². The van der Waals surface area contributed by atoms with E-state index in [2.05, 4.69) is 10.3 Å². The van der Waals surface area contributed by atoms with E-state index in [-0.39, 0.29) is 5.91 Å². The van der Waals surface area contributed by atoms with E-state index in [0.717, 1.165) is 16.9 Å². The molecule has 0 aliphatic heterocycles. The number of carbonyl (C=O) groups excluding carboxylic acids is 1. The smallest absolute Gasteiger partial charge is 0.255 e. The first-order valence-electron chi connectivity index (χ1n) is 7.69. The van der Waals surface area contributed by atoms with Crippen molar-refractivity contribution in [2.24, 2.45) is 0 Å². The fraction of sp³-hybridized carbons (Fsp3) is 0.100. The summed E-state index contributed by atoms with van der Waals surface area (Å²) in [6, 6.07) is 18.6. The Kier molecular flexibility index (Phi) is 4.57. The molecular formula is C20H18N2O2. The highest BCUT2D eigenvalue weighted by atomic mass is 16.5. The van der Waals surface area contributed by atoms with Crippen molar-refractivity contribution in [1.82, 2.24) is 4.98 Å². The third-order valence-electron chi connectivity index (χ3n) is 3.59. The highest BCUT2D eigenvalue weighted by Gasteiger charge is 2.07. The molecule has 1 aromatic heterocycles. The molecule has 4 nitrogen and oxygen atoms in total. The summed E-state index contributed by atoms with van der Waals surface area (Å²) in [4.78, 5) is 16.4. The Hall–Kier alpha value is -3.14. The fourth-order valence-corrected chi connectivity index (χ4v) is 2.24. The third-order valence-corrected chi connectivity index (χ3v) is 3.59. The highest BCUT2D eigenvalue weighted by molar-refractivity contribution is 6.04.